The molecule has 9 nitrogen and oxygen atoms in total. The zero-order valence-corrected chi connectivity index (χ0v) is 21.9. The number of aromatic amines is 1. The summed E-state index contributed by atoms with van der Waals surface area (Å²) < 4.78 is 22.4. The zero-order valence-electron chi connectivity index (χ0n) is 18.8. The maximum absolute atomic E-state index is 15.2. The standard InChI is InChI=1S/C21H23BrClFN6O3S/c1-4-33-20(32)18-17(19-25-9-26-29(19)3)28-21(34-18)30-6-5-11(12(24)8-30)7-13(31)16-14(22)15(23)10(2)27-16/h9,11-12,27H,4-8H2,1-3H3/t11-,12-/m0/s1. The number of H-pyrrole nitrogens is 1. The van der Waals surface area contributed by atoms with Crippen LogP contribution in [0.2, 0.25) is 5.02 Å². The minimum Gasteiger partial charge on any atom is -0.462 e. The summed E-state index contributed by atoms with van der Waals surface area (Å²) in [7, 11) is 1.70. The Kier molecular flexibility index (Phi) is 7.39. The molecule has 182 valence electrons. The maximum atomic E-state index is 15.2. The molecular weight excluding hydrogens is 551 g/mol. The molecule has 4 rings (SSSR count). The molecule has 0 radical (unpaired) electrons. The molecule has 0 amide bonds. The number of esters is 1. The van der Waals surface area contributed by atoms with Crippen LogP contribution in [0, 0.1) is 12.8 Å². The van der Waals surface area contributed by atoms with Gasteiger partial charge in [-0.2, -0.15) is 5.10 Å². The maximum Gasteiger partial charge on any atom is 0.350 e. The number of thiazole rings is 1. The predicted octanol–water partition coefficient (Wildman–Crippen LogP) is 4.61. The normalized spacial score (nSPS) is 18.4. The van der Waals surface area contributed by atoms with Crippen LogP contribution in [-0.4, -0.2) is 62.4 Å². The van der Waals surface area contributed by atoms with Crippen molar-refractivity contribution in [2.75, 3.05) is 24.6 Å². The van der Waals surface area contributed by atoms with Gasteiger partial charge in [0.2, 0.25) is 0 Å². The first-order chi connectivity index (χ1) is 16.2. The summed E-state index contributed by atoms with van der Waals surface area (Å²) >= 11 is 10.6. The van der Waals surface area contributed by atoms with Crippen molar-refractivity contribution in [3.8, 4) is 11.5 Å². The molecule has 4 heterocycles. The van der Waals surface area contributed by atoms with E-state index in [9.17, 15) is 9.59 Å². The number of anilines is 1. The number of halogens is 3. The van der Waals surface area contributed by atoms with E-state index >= 15 is 4.39 Å². The number of hydrogen-bond donors (Lipinski definition) is 1. The van der Waals surface area contributed by atoms with Crippen LogP contribution in [0.25, 0.3) is 11.5 Å². The number of rotatable bonds is 7. The van der Waals surface area contributed by atoms with Crippen LogP contribution in [0.15, 0.2) is 10.8 Å². The summed E-state index contributed by atoms with van der Waals surface area (Å²) in [6, 6.07) is 0. The van der Waals surface area contributed by atoms with Crippen LogP contribution in [0.1, 0.15) is 45.6 Å². The number of ether oxygens (including phenoxy) is 1. The van der Waals surface area contributed by atoms with Crippen molar-refractivity contribution in [3.05, 3.63) is 32.1 Å². The first kappa shape index (κ1) is 24.8. The third kappa shape index (κ3) is 4.76. The van der Waals surface area contributed by atoms with E-state index < -0.39 is 18.1 Å². The van der Waals surface area contributed by atoms with Gasteiger partial charge in [0.25, 0.3) is 0 Å². The molecule has 1 aliphatic heterocycles. The highest BCUT2D eigenvalue weighted by Crippen LogP contribution is 2.37. The number of alkyl halides is 1. The molecular formula is C21H23BrClFN6O3S. The second-order valence-corrected chi connectivity index (χ2v) is 10.1. The number of carbonyl (C=O) groups is 2. The highest BCUT2D eigenvalue weighted by atomic mass is 79.9. The third-order valence-electron chi connectivity index (χ3n) is 5.73. The van der Waals surface area contributed by atoms with Gasteiger partial charge in [-0.05, 0) is 36.2 Å². The molecule has 0 aromatic carbocycles. The molecule has 1 aliphatic rings. The van der Waals surface area contributed by atoms with Gasteiger partial charge in [0.05, 0.1) is 28.3 Å². The summed E-state index contributed by atoms with van der Waals surface area (Å²) in [4.78, 5) is 39.2. The summed E-state index contributed by atoms with van der Waals surface area (Å²) in [6.07, 6.45) is 0.669. The molecule has 0 unspecified atom stereocenters. The molecule has 0 saturated carbocycles. The van der Waals surface area contributed by atoms with Crippen LogP contribution in [0.4, 0.5) is 9.52 Å². The third-order valence-corrected chi connectivity index (χ3v) is 8.32. The molecule has 2 atom stereocenters. The predicted molar refractivity (Wildman–Crippen MR) is 130 cm³/mol. The Morgan fingerprint density at radius 1 is 1.44 bits per heavy atom. The van der Waals surface area contributed by atoms with Gasteiger partial charge in [0, 0.05) is 31.6 Å². The van der Waals surface area contributed by atoms with Crippen molar-refractivity contribution < 1.29 is 18.7 Å². The van der Waals surface area contributed by atoms with Gasteiger partial charge in [0.15, 0.2) is 16.7 Å². The van der Waals surface area contributed by atoms with Crippen molar-refractivity contribution in [2.45, 2.75) is 32.9 Å². The number of piperidine rings is 1. The van der Waals surface area contributed by atoms with Crippen molar-refractivity contribution in [3.63, 3.8) is 0 Å². The van der Waals surface area contributed by atoms with Crippen molar-refractivity contribution >= 4 is 55.8 Å². The number of carbonyl (C=O) groups excluding carboxylic acids is 2. The summed E-state index contributed by atoms with van der Waals surface area (Å²) in [6.45, 7) is 4.28. The first-order valence-corrected chi connectivity index (χ1v) is 12.7. The molecule has 1 saturated heterocycles. The molecule has 34 heavy (non-hydrogen) atoms. The first-order valence-electron chi connectivity index (χ1n) is 10.7. The summed E-state index contributed by atoms with van der Waals surface area (Å²) in [5.41, 5.74) is 1.41. The SMILES string of the molecule is CCOC(=O)c1sc(N2CC[C@@H](CC(=O)c3[nH]c(C)c(Cl)c3Br)[C@@H](F)C2)nc1-c1ncnn1C. The van der Waals surface area contributed by atoms with E-state index in [-0.39, 0.29) is 25.4 Å². The lowest BCUT2D eigenvalue weighted by Crippen LogP contribution is -2.42. The average Bonchev–Trinajstić information content (AvgIpc) is 3.49. The van der Waals surface area contributed by atoms with Crippen LogP contribution in [-0.2, 0) is 11.8 Å². The van der Waals surface area contributed by atoms with Gasteiger partial charge in [0.1, 0.15) is 23.1 Å². The molecule has 1 fully saturated rings. The van der Waals surface area contributed by atoms with Crippen molar-refractivity contribution in [1.29, 1.82) is 0 Å². The molecule has 1 N–H and O–H groups in total. The van der Waals surface area contributed by atoms with E-state index in [1.165, 1.54) is 11.0 Å². The van der Waals surface area contributed by atoms with Gasteiger partial charge in [-0.3, -0.25) is 4.79 Å². The second kappa shape index (κ2) is 10.1. The highest BCUT2D eigenvalue weighted by molar-refractivity contribution is 9.10. The summed E-state index contributed by atoms with van der Waals surface area (Å²) in [5, 5.41) is 5.00. The van der Waals surface area contributed by atoms with E-state index in [1.807, 2.05) is 0 Å². The average molecular weight is 574 g/mol. The van der Waals surface area contributed by atoms with Crippen LogP contribution in [0.3, 0.4) is 0 Å². The minimum absolute atomic E-state index is 0.0671. The Labute approximate surface area is 212 Å². The zero-order chi connectivity index (χ0) is 24.6. The second-order valence-electron chi connectivity index (χ2n) is 7.99. The number of Topliss-reactive ketones (excluding diaryl/α,β-unsaturated/α-hetero) is 1. The van der Waals surface area contributed by atoms with Gasteiger partial charge in [-0.25, -0.2) is 23.8 Å². The number of hydrogen-bond acceptors (Lipinski definition) is 8. The van der Waals surface area contributed by atoms with Crippen LogP contribution >= 0.6 is 38.9 Å². The van der Waals surface area contributed by atoms with E-state index in [1.54, 1.807) is 25.8 Å². The minimum atomic E-state index is -1.24. The molecule has 3 aromatic heterocycles. The summed E-state index contributed by atoms with van der Waals surface area (Å²) in [5.74, 6) is -0.701. The Balaban J connectivity index is 1.50. The van der Waals surface area contributed by atoms with Gasteiger partial charge in [-0.15, -0.1) is 0 Å². The molecule has 0 aliphatic carbocycles. The van der Waals surface area contributed by atoms with Gasteiger partial charge in [-0.1, -0.05) is 22.9 Å². The van der Waals surface area contributed by atoms with Crippen LogP contribution < -0.4 is 4.90 Å². The number of aryl methyl sites for hydroxylation is 2. The topological polar surface area (TPSA) is 106 Å². The molecule has 0 spiro atoms. The lowest BCUT2D eigenvalue weighted by atomic mass is 9.89. The fraction of sp³-hybridized carbons (Fsp3) is 0.476. The van der Waals surface area contributed by atoms with Crippen LogP contribution in [0.5, 0.6) is 0 Å². The Bertz CT molecular complexity index is 1230. The quantitative estimate of drug-likeness (QED) is 0.325. The number of ketones is 1. The molecule has 0 bridgehead atoms. The lowest BCUT2D eigenvalue weighted by molar-refractivity contribution is 0.0532. The Morgan fingerprint density at radius 3 is 2.79 bits per heavy atom. The van der Waals surface area contributed by atoms with Gasteiger partial charge < -0.3 is 14.6 Å². The largest absolute Gasteiger partial charge is 0.462 e. The monoisotopic (exact) mass is 572 g/mol. The lowest BCUT2D eigenvalue weighted by Gasteiger charge is -2.34. The van der Waals surface area contributed by atoms with E-state index in [0.29, 0.717) is 55.4 Å². The van der Waals surface area contributed by atoms with E-state index in [2.05, 4.69) is 36.0 Å². The van der Waals surface area contributed by atoms with Crippen molar-refractivity contribution in [1.82, 2.24) is 24.7 Å². The van der Waals surface area contributed by atoms with Gasteiger partial charge >= 0.3 is 5.97 Å². The molecule has 3 aromatic rings. The Morgan fingerprint density at radius 2 is 2.21 bits per heavy atom. The Hall–Kier alpha value is -2.31. The number of nitrogens with zero attached hydrogens (tertiary/aromatic N) is 5. The number of aromatic nitrogens is 5. The number of nitrogens with one attached hydrogen (secondary N) is 1. The van der Waals surface area contributed by atoms with E-state index in [0.717, 1.165) is 11.3 Å². The van der Waals surface area contributed by atoms with E-state index in [4.69, 9.17) is 16.3 Å². The fourth-order valence-electron chi connectivity index (χ4n) is 3.90. The van der Waals surface area contributed by atoms with Crippen molar-refractivity contribution in [2.24, 2.45) is 13.0 Å². The smallest absolute Gasteiger partial charge is 0.350 e. The fourth-order valence-corrected chi connectivity index (χ4v) is 5.65. The molecule has 13 heteroatoms. The highest BCUT2D eigenvalue weighted by Gasteiger charge is 2.34.